The van der Waals surface area contributed by atoms with Gasteiger partial charge in [0.05, 0.1) is 6.10 Å². The van der Waals surface area contributed by atoms with Crippen LogP contribution in [-0.4, -0.2) is 17.5 Å². The minimum Gasteiger partial charge on any atom is -0.368 e. The molecule has 0 aromatic heterocycles. The summed E-state index contributed by atoms with van der Waals surface area (Å²) >= 11 is 0. The van der Waals surface area contributed by atoms with Crippen molar-refractivity contribution in [3.63, 3.8) is 0 Å². The molecule has 3 saturated carbocycles. The molecule has 2 nitrogen and oxygen atoms in total. The molecule has 0 heterocycles. The van der Waals surface area contributed by atoms with Crippen molar-refractivity contribution in [3.05, 3.63) is 12.2 Å². The third-order valence-corrected chi connectivity index (χ3v) is 7.81. The average molecular weight is 333 g/mol. The van der Waals surface area contributed by atoms with Crippen molar-refractivity contribution >= 4 is 0 Å². The summed E-state index contributed by atoms with van der Waals surface area (Å²) in [5, 5.41) is 11.1. The highest BCUT2D eigenvalue weighted by atomic mass is 16.6. The Morgan fingerprint density at radius 3 is 2.46 bits per heavy atom. The fraction of sp³-hybridized carbons (Fsp3) is 0.909. The van der Waals surface area contributed by atoms with Crippen molar-refractivity contribution < 1.29 is 9.84 Å². The molecule has 4 aliphatic rings. The average Bonchev–Trinajstić information content (AvgIpc) is 2.61. The van der Waals surface area contributed by atoms with Gasteiger partial charge in [0.1, 0.15) is 0 Å². The van der Waals surface area contributed by atoms with E-state index < -0.39 is 6.29 Å². The molecule has 0 aromatic carbocycles. The van der Waals surface area contributed by atoms with Crippen LogP contribution >= 0.6 is 0 Å². The molecule has 0 bridgehead atoms. The molecule has 0 spiro atoms. The highest BCUT2D eigenvalue weighted by Crippen LogP contribution is 2.53. The molecule has 0 aromatic rings. The fourth-order valence-corrected chi connectivity index (χ4v) is 6.45. The van der Waals surface area contributed by atoms with Gasteiger partial charge in [0, 0.05) is 5.92 Å². The minimum absolute atomic E-state index is 0.303. The molecule has 6 unspecified atom stereocenters. The highest BCUT2D eigenvalue weighted by molar-refractivity contribution is 5.03. The zero-order valence-electron chi connectivity index (χ0n) is 15.4. The lowest BCUT2D eigenvalue weighted by Gasteiger charge is -2.52. The fourth-order valence-electron chi connectivity index (χ4n) is 6.45. The van der Waals surface area contributed by atoms with Crippen molar-refractivity contribution in [2.75, 3.05) is 0 Å². The van der Waals surface area contributed by atoms with Gasteiger partial charge in [-0.15, -0.1) is 0 Å². The number of aliphatic hydroxyl groups excluding tert-OH is 1. The predicted octanol–water partition coefficient (Wildman–Crippen LogP) is 5.31. The smallest absolute Gasteiger partial charge is 0.158 e. The molecular formula is C22H36O2. The number of rotatable bonds is 3. The molecule has 4 rings (SSSR count). The zero-order chi connectivity index (χ0) is 16.5. The SMILES string of the molecule is CC1CCC(OC(O)C2C3CC=CCC3CC3CCCCC32)CC1. The van der Waals surface area contributed by atoms with E-state index in [4.69, 9.17) is 4.74 Å². The van der Waals surface area contributed by atoms with Gasteiger partial charge in [0.25, 0.3) is 0 Å². The molecule has 0 radical (unpaired) electrons. The number of allylic oxidation sites excluding steroid dienone is 2. The van der Waals surface area contributed by atoms with E-state index in [0.717, 1.165) is 30.6 Å². The molecule has 24 heavy (non-hydrogen) atoms. The Balaban J connectivity index is 1.47. The number of ether oxygens (including phenoxy) is 1. The van der Waals surface area contributed by atoms with Crippen LogP contribution in [0, 0.1) is 35.5 Å². The number of hydrogen-bond acceptors (Lipinski definition) is 2. The second kappa shape index (κ2) is 7.50. The van der Waals surface area contributed by atoms with Gasteiger partial charge in [-0.05, 0) is 81.0 Å². The van der Waals surface area contributed by atoms with Gasteiger partial charge < -0.3 is 9.84 Å². The second-order valence-electron chi connectivity index (χ2n) is 9.30. The van der Waals surface area contributed by atoms with Gasteiger partial charge >= 0.3 is 0 Å². The molecule has 1 N–H and O–H groups in total. The van der Waals surface area contributed by atoms with E-state index >= 15 is 0 Å². The van der Waals surface area contributed by atoms with Crippen molar-refractivity contribution in [1.29, 1.82) is 0 Å². The number of aliphatic hydroxyl groups is 1. The molecule has 3 fully saturated rings. The Hall–Kier alpha value is -0.340. The standard InChI is InChI=1S/C22H36O2/c1-15-10-12-18(13-11-15)24-22(23)21-19-8-4-2-6-16(19)14-17-7-3-5-9-20(17)21/h2,4,15-23H,3,5-14H2,1H3. The third-order valence-electron chi connectivity index (χ3n) is 7.81. The summed E-state index contributed by atoms with van der Waals surface area (Å²) in [6.45, 7) is 2.35. The maximum atomic E-state index is 11.1. The van der Waals surface area contributed by atoms with E-state index in [2.05, 4.69) is 19.1 Å². The molecule has 0 amide bonds. The Bertz CT molecular complexity index is 437. The van der Waals surface area contributed by atoms with Crippen LogP contribution in [0.3, 0.4) is 0 Å². The van der Waals surface area contributed by atoms with E-state index in [0.29, 0.717) is 23.9 Å². The predicted molar refractivity (Wildman–Crippen MR) is 97.4 cm³/mol. The minimum atomic E-state index is -0.520. The topological polar surface area (TPSA) is 29.5 Å². The summed E-state index contributed by atoms with van der Waals surface area (Å²) in [5.74, 6) is 4.24. The molecule has 2 heteroatoms. The van der Waals surface area contributed by atoms with Crippen LogP contribution in [0.25, 0.3) is 0 Å². The summed E-state index contributed by atoms with van der Waals surface area (Å²) in [7, 11) is 0. The van der Waals surface area contributed by atoms with Gasteiger partial charge in [-0.2, -0.15) is 0 Å². The summed E-state index contributed by atoms with van der Waals surface area (Å²) in [6.07, 6.45) is 18.6. The summed E-state index contributed by atoms with van der Waals surface area (Å²) < 4.78 is 6.31. The summed E-state index contributed by atoms with van der Waals surface area (Å²) in [6, 6.07) is 0. The normalized spacial score (nSPS) is 46.8. The quantitative estimate of drug-likeness (QED) is 0.560. The van der Waals surface area contributed by atoms with Gasteiger partial charge in [0.15, 0.2) is 6.29 Å². The van der Waals surface area contributed by atoms with Crippen LogP contribution in [0.15, 0.2) is 12.2 Å². The Morgan fingerprint density at radius 2 is 1.62 bits per heavy atom. The largest absolute Gasteiger partial charge is 0.368 e. The zero-order valence-corrected chi connectivity index (χ0v) is 15.4. The van der Waals surface area contributed by atoms with Gasteiger partial charge in [0.2, 0.25) is 0 Å². The van der Waals surface area contributed by atoms with Crippen LogP contribution < -0.4 is 0 Å². The Morgan fingerprint density at radius 1 is 0.875 bits per heavy atom. The molecule has 6 atom stereocenters. The first-order valence-electron chi connectivity index (χ1n) is 10.7. The van der Waals surface area contributed by atoms with Crippen molar-refractivity contribution in [2.24, 2.45) is 35.5 Å². The number of fused-ring (bicyclic) bond motifs is 2. The van der Waals surface area contributed by atoms with Crippen LogP contribution in [0.1, 0.15) is 77.6 Å². The van der Waals surface area contributed by atoms with Crippen molar-refractivity contribution in [3.8, 4) is 0 Å². The van der Waals surface area contributed by atoms with E-state index in [-0.39, 0.29) is 0 Å². The molecule has 4 aliphatic carbocycles. The first kappa shape index (κ1) is 17.1. The number of hydrogen-bond donors (Lipinski definition) is 1. The lowest BCUT2D eigenvalue weighted by molar-refractivity contribution is -0.215. The van der Waals surface area contributed by atoms with Crippen LogP contribution in [0.5, 0.6) is 0 Å². The molecular weight excluding hydrogens is 296 g/mol. The van der Waals surface area contributed by atoms with Crippen LogP contribution in [-0.2, 0) is 4.74 Å². The van der Waals surface area contributed by atoms with E-state index in [1.807, 2.05) is 0 Å². The van der Waals surface area contributed by atoms with Gasteiger partial charge in [-0.3, -0.25) is 0 Å². The van der Waals surface area contributed by atoms with Crippen LogP contribution in [0.2, 0.25) is 0 Å². The maximum Gasteiger partial charge on any atom is 0.158 e. The third kappa shape index (κ3) is 3.46. The van der Waals surface area contributed by atoms with Gasteiger partial charge in [-0.1, -0.05) is 38.3 Å². The van der Waals surface area contributed by atoms with Crippen LogP contribution in [0.4, 0.5) is 0 Å². The van der Waals surface area contributed by atoms with Crippen molar-refractivity contribution in [2.45, 2.75) is 89.9 Å². The maximum absolute atomic E-state index is 11.1. The highest BCUT2D eigenvalue weighted by Gasteiger charge is 2.48. The summed E-state index contributed by atoms with van der Waals surface area (Å²) in [5.41, 5.74) is 0. The summed E-state index contributed by atoms with van der Waals surface area (Å²) in [4.78, 5) is 0. The molecule has 0 aliphatic heterocycles. The lowest BCUT2D eigenvalue weighted by atomic mass is 9.55. The Labute approximate surface area is 148 Å². The first-order valence-corrected chi connectivity index (χ1v) is 10.7. The molecule has 0 saturated heterocycles. The van der Waals surface area contributed by atoms with Gasteiger partial charge in [-0.25, -0.2) is 0 Å². The first-order chi connectivity index (χ1) is 11.7. The van der Waals surface area contributed by atoms with E-state index in [1.165, 1.54) is 57.8 Å². The monoisotopic (exact) mass is 332 g/mol. The second-order valence-corrected chi connectivity index (χ2v) is 9.30. The van der Waals surface area contributed by atoms with E-state index in [1.54, 1.807) is 0 Å². The Kier molecular flexibility index (Phi) is 5.34. The van der Waals surface area contributed by atoms with E-state index in [9.17, 15) is 5.11 Å². The molecule has 136 valence electrons. The van der Waals surface area contributed by atoms with Crippen molar-refractivity contribution in [1.82, 2.24) is 0 Å². The lowest BCUT2D eigenvalue weighted by Crippen LogP contribution is -2.49.